The molecule has 0 unspecified atom stereocenters. The van der Waals surface area contributed by atoms with Gasteiger partial charge >= 0.3 is 0 Å². The van der Waals surface area contributed by atoms with Crippen LogP contribution in [0.1, 0.15) is 32.6 Å². The second-order valence-electron chi connectivity index (χ2n) is 5.59. The summed E-state index contributed by atoms with van der Waals surface area (Å²) >= 11 is 0. The van der Waals surface area contributed by atoms with Gasteiger partial charge in [0, 0.05) is 12.1 Å². The average molecular weight is 308 g/mol. The Morgan fingerprint density at radius 3 is 2.68 bits per heavy atom. The van der Waals surface area contributed by atoms with Crippen molar-refractivity contribution in [1.82, 2.24) is 4.90 Å². The van der Waals surface area contributed by atoms with Gasteiger partial charge in [-0.05, 0) is 31.9 Å². The van der Waals surface area contributed by atoms with Gasteiger partial charge in [-0.15, -0.1) is 0 Å². The molecule has 1 atom stereocenters. The first-order valence-electron chi connectivity index (χ1n) is 7.48. The van der Waals surface area contributed by atoms with E-state index in [-0.39, 0.29) is 24.2 Å². The minimum Gasteiger partial charge on any atom is -0.481 e. The number of rotatable bonds is 6. The van der Waals surface area contributed by atoms with Crippen LogP contribution in [0.15, 0.2) is 24.3 Å². The first-order valence-corrected chi connectivity index (χ1v) is 7.48. The van der Waals surface area contributed by atoms with Crippen molar-refractivity contribution in [2.24, 2.45) is 5.73 Å². The highest BCUT2D eigenvalue weighted by molar-refractivity contribution is 5.86. The first-order chi connectivity index (χ1) is 10.5. The minimum atomic E-state index is -0.804. The maximum atomic E-state index is 13.2. The van der Waals surface area contributed by atoms with Crippen LogP contribution in [-0.4, -0.2) is 35.4 Å². The molecule has 1 fully saturated rings. The van der Waals surface area contributed by atoms with E-state index < -0.39 is 17.8 Å². The molecule has 2 N–H and O–H groups in total. The molecule has 120 valence electrons. The third-order valence-electron chi connectivity index (χ3n) is 3.83. The predicted molar refractivity (Wildman–Crippen MR) is 79.7 cm³/mol. The number of amides is 2. The van der Waals surface area contributed by atoms with Crippen LogP contribution in [0.3, 0.4) is 0 Å². The van der Waals surface area contributed by atoms with Crippen molar-refractivity contribution in [3.8, 4) is 5.75 Å². The Bertz CT molecular complexity index is 544. The molecule has 1 aromatic carbocycles. The zero-order chi connectivity index (χ0) is 16.1. The lowest BCUT2D eigenvalue weighted by Gasteiger charge is -2.30. The molecular formula is C16H21FN2O3. The Balaban J connectivity index is 2.06. The lowest BCUT2D eigenvalue weighted by molar-refractivity contribution is -0.143. The van der Waals surface area contributed by atoms with E-state index in [1.54, 1.807) is 13.0 Å². The summed E-state index contributed by atoms with van der Waals surface area (Å²) in [5.41, 5.74) is 5.25. The molecule has 2 amide bonds. The van der Waals surface area contributed by atoms with Crippen LogP contribution in [-0.2, 0) is 9.59 Å². The molecular weight excluding hydrogens is 287 g/mol. The Hall–Kier alpha value is -2.11. The van der Waals surface area contributed by atoms with Crippen molar-refractivity contribution in [3.63, 3.8) is 0 Å². The molecule has 0 spiro atoms. The fraction of sp³-hybridized carbons (Fsp3) is 0.500. The molecule has 1 aliphatic rings. The minimum absolute atomic E-state index is 0.0264. The fourth-order valence-corrected chi connectivity index (χ4v) is 2.80. The molecule has 1 saturated carbocycles. The number of nitrogens with zero attached hydrogens (tertiary/aromatic N) is 1. The van der Waals surface area contributed by atoms with E-state index in [0.717, 1.165) is 25.7 Å². The summed E-state index contributed by atoms with van der Waals surface area (Å²) in [6.07, 6.45) is 3.00. The van der Waals surface area contributed by atoms with Crippen molar-refractivity contribution in [2.75, 3.05) is 6.54 Å². The maximum absolute atomic E-state index is 13.2. The average Bonchev–Trinajstić information content (AvgIpc) is 2.97. The number of ether oxygens (including phenoxy) is 1. The summed E-state index contributed by atoms with van der Waals surface area (Å²) < 4.78 is 18.7. The molecule has 2 rings (SSSR count). The first kappa shape index (κ1) is 16.3. The van der Waals surface area contributed by atoms with Gasteiger partial charge in [-0.3, -0.25) is 9.59 Å². The van der Waals surface area contributed by atoms with Gasteiger partial charge in [0.25, 0.3) is 5.91 Å². The Kier molecular flexibility index (Phi) is 5.35. The normalized spacial score (nSPS) is 16.3. The summed E-state index contributed by atoms with van der Waals surface area (Å²) in [6, 6.07) is 5.65. The molecule has 0 saturated heterocycles. The van der Waals surface area contributed by atoms with Gasteiger partial charge in [0.1, 0.15) is 11.6 Å². The van der Waals surface area contributed by atoms with Gasteiger partial charge in [-0.2, -0.15) is 0 Å². The molecule has 0 aromatic heterocycles. The van der Waals surface area contributed by atoms with Crippen LogP contribution in [0.4, 0.5) is 4.39 Å². The van der Waals surface area contributed by atoms with E-state index in [1.807, 2.05) is 0 Å². The topological polar surface area (TPSA) is 72.6 Å². The summed E-state index contributed by atoms with van der Waals surface area (Å²) in [4.78, 5) is 25.3. The van der Waals surface area contributed by atoms with E-state index in [9.17, 15) is 14.0 Å². The summed E-state index contributed by atoms with van der Waals surface area (Å²) in [7, 11) is 0. The second-order valence-corrected chi connectivity index (χ2v) is 5.59. The van der Waals surface area contributed by atoms with Crippen molar-refractivity contribution >= 4 is 11.8 Å². The number of hydrogen-bond acceptors (Lipinski definition) is 3. The monoisotopic (exact) mass is 308 g/mol. The van der Waals surface area contributed by atoms with Crippen LogP contribution in [0.5, 0.6) is 5.75 Å². The van der Waals surface area contributed by atoms with Crippen LogP contribution in [0.25, 0.3) is 0 Å². The number of halogens is 1. The number of primary amides is 1. The largest absolute Gasteiger partial charge is 0.481 e. The molecule has 0 bridgehead atoms. The third kappa shape index (κ3) is 4.19. The molecule has 6 heteroatoms. The smallest absolute Gasteiger partial charge is 0.264 e. The maximum Gasteiger partial charge on any atom is 0.264 e. The lowest BCUT2D eigenvalue weighted by atomic mass is 10.2. The Morgan fingerprint density at radius 2 is 2.09 bits per heavy atom. The third-order valence-corrected chi connectivity index (χ3v) is 3.83. The van der Waals surface area contributed by atoms with Gasteiger partial charge in [0.15, 0.2) is 6.10 Å². The van der Waals surface area contributed by atoms with E-state index in [1.165, 1.54) is 23.1 Å². The van der Waals surface area contributed by atoms with Crippen LogP contribution >= 0.6 is 0 Å². The zero-order valence-electron chi connectivity index (χ0n) is 12.6. The van der Waals surface area contributed by atoms with Crippen molar-refractivity contribution in [3.05, 3.63) is 30.1 Å². The number of carbonyl (C=O) groups is 2. The standard InChI is InChI=1S/C16H21FN2O3/c1-11(22-14-8-4-5-12(17)9-14)16(21)19(10-15(18)20)13-6-2-3-7-13/h4-5,8-9,11,13H,2-3,6-7,10H2,1H3,(H2,18,20)/t11-/m0/s1. The number of nitrogens with two attached hydrogens (primary N) is 1. The molecule has 1 aromatic rings. The molecule has 0 radical (unpaired) electrons. The van der Waals surface area contributed by atoms with E-state index in [2.05, 4.69) is 0 Å². The van der Waals surface area contributed by atoms with E-state index >= 15 is 0 Å². The SMILES string of the molecule is C[C@H](Oc1cccc(F)c1)C(=O)N(CC(N)=O)C1CCCC1. The molecule has 0 aliphatic heterocycles. The van der Waals surface area contributed by atoms with Gasteiger partial charge in [0.05, 0.1) is 6.54 Å². The Labute approximate surface area is 129 Å². The van der Waals surface area contributed by atoms with E-state index in [0.29, 0.717) is 0 Å². The van der Waals surface area contributed by atoms with Crippen LogP contribution in [0, 0.1) is 5.82 Å². The zero-order valence-corrected chi connectivity index (χ0v) is 12.6. The van der Waals surface area contributed by atoms with Crippen LogP contribution < -0.4 is 10.5 Å². The van der Waals surface area contributed by atoms with Gasteiger partial charge in [-0.1, -0.05) is 18.9 Å². The van der Waals surface area contributed by atoms with Gasteiger partial charge < -0.3 is 15.4 Å². The highest BCUT2D eigenvalue weighted by Crippen LogP contribution is 2.24. The highest BCUT2D eigenvalue weighted by atomic mass is 19.1. The fourth-order valence-electron chi connectivity index (χ4n) is 2.80. The summed E-state index contributed by atoms with van der Waals surface area (Å²) in [5, 5.41) is 0. The predicted octanol–water partition coefficient (Wildman–Crippen LogP) is 1.85. The Morgan fingerprint density at radius 1 is 1.41 bits per heavy atom. The van der Waals surface area contributed by atoms with Gasteiger partial charge in [0.2, 0.25) is 5.91 Å². The van der Waals surface area contributed by atoms with Crippen molar-refractivity contribution < 1.29 is 18.7 Å². The molecule has 22 heavy (non-hydrogen) atoms. The quantitative estimate of drug-likeness (QED) is 0.871. The number of benzene rings is 1. The van der Waals surface area contributed by atoms with Crippen molar-refractivity contribution in [2.45, 2.75) is 44.8 Å². The lowest BCUT2D eigenvalue weighted by Crippen LogP contribution is -2.49. The van der Waals surface area contributed by atoms with Crippen molar-refractivity contribution in [1.29, 1.82) is 0 Å². The molecule has 0 heterocycles. The summed E-state index contributed by atoms with van der Waals surface area (Å²) in [6.45, 7) is 1.48. The van der Waals surface area contributed by atoms with Crippen LogP contribution in [0.2, 0.25) is 0 Å². The summed E-state index contributed by atoms with van der Waals surface area (Å²) in [5.74, 6) is -0.985. The molecule has 5 nitrogen and oxygen atoms in total. The second kappa shape index (κ2) is 7.24. The number of carbonyl (C=O) groups excluding carboxylic acids is 2. The molecule has 1 aliphatic carbocycles. The van der Waals surface area contributed by atoms with E-state index in [4.69, 9.17) is 10.5 Å². The highest BCUT2D eigenvalue weighted by Gasteiger charge is 2.31. The van der Waals surface area contributed by atoms with Gasteiger partial charge in [-0.25, -0.2) is 4.39 Å². The number of hydrogen-bond donors (Lipinski definition) is 1.